The molecule has 0 spiro atoms. The van der Waals surface area contributed by atoms with Gasteiger partial charge < -0.3 is 5.32 Å². The van der Waals surface area contributed by atoms with Crippen molar-refractivity contribution in [3.05, 3.63) is 67.9 Å². The van der Waals surface area contributed by atoms with E-state index < -0.39 is 16.4 Å². The number of nitrogens with zero attached hydrogens (tertiary/aromatic N) is 1. The van der Waals surface area contributed by atoms with Crippen LogP contribution in [0.1, 0.15) is 11.1 Å². The lowest BCUT2D eigenvalue weighted by atomic mass is 10.1. The van der Waals surface area contributed by atoms with Crippen LogP contribution in [-0.4, -0.2) is 4.92 Å². The predicted molar refractivity (Wildman–Crippen MR) is 79.3 cm³/mol. The van der Waals surface area contributed by atoms with Gasteiger partial charge in [0.1, 0.15) is 0 Å². The van der Waals surface area contributed by atoms with Crippen molar-refractivity contribution in [1.29, 1.82) is 0 Å². The van der Waals surface area contributed by atoms with Gasteiger partial charge in [0.25, 0.3) is 0 Å². The molecule has 104 valence electrons. The number of hydrogen-bond donors (Lipinski definition) is 1. The fourth-order valence-corrected chi connectivity index (χ4v) is 2.49. The van der Waals surface area contributed by atoms with E-state index in [1.165, 1.54) is 12.1 Å². The van der Waals surface area contributed by atoms with E-state index >= 15 is 0 Å². The number of aryl methyl sites for hydroxylation is 1. The summed E-state index contributed by atoms with van der Waals surface area (Å²) >= 11 is 3.38. The van der Waals surface area contributed by atoms with Crippen LogP contribution >= 0.6 is 15.9 Å². The van der Waals surface area contributed by atoms with E-state index in [9.17, 15) is 14.5 Å². The Morgan fingerprint density at radius 2 is 2.10 bits per heavy atom. The molecule has 0 aliphatic carbocycles. The Bertz CT molecular complexity index is 641. The number of benzene rings is 2. The number of halogens is 2. The summed E-state index contributed by atoms with van der Waals surface area (Å²) in [5.74, 6) is -0.795. The van der Waals surface area contributed by atoms with Crippen LogP contribution < -0.4 is 5.32 Å². The molecule has 2 aromatic rings. The minimum absolute atomic E-state index is 0.184. The Hall–Kier alpha value is -1.95. The lowest BCUT2D eigenvalue weighted by molar-refractivity contribution is -0.387. The third kappa shape index (κ3) is 3.33. The van der Waals surface area contributed by atoms with E-state index in [-0.39, 0.29) is 12.1 Å². The molecule has 0 radical (unpaired) electrons. The molecule has 0 aliphatic rings. The van der Waals surface area contributed by atoms with Crippen LogP contribution in [0.3, 0.4) is 0 Å². The average Bonchev–Trinajstić information content (AvgIpc) is 2.36. The molecule has 0 aromatic heterocycles. The van der Waals surface area contributed by atoms with Crippen LogP contribution in [0.25, 0.3) is 0 Å². The molecule has 0 unspecified atom stereocenters. The first-order chi connectivity index (χ1) is 9.47. The molecular weight excluding hydrogens is 327 g/mol. The number of hydrogen-bond acceptors (Lipinski definition) is 3. The maximum atomic E-state index is 13.9. The first-order valence-corrected chi connectivity index (χ1v) is 6.69. The number of nitro groups is 1. The summed E-state index contributed by atoms with van der Waals surface area (Å²) in [7, 11) is 0. The molecule has 0 fully saturated rings. The number of anilines is 1. The Kier molecular flexibility index (Phi) is 4.34. The highest BCUT2D eigenvalue weighted by molar-refractivity contribution is 9.10. The Morgan fingerprint density at radius 1 is 1.35 bits per heavy atom. The van der Waals surface area contributed by atoms with E-state index in [0.29, 0.717) is 0 Å². The molecule has 20 heavy (non-hydrogen) atoms. The number of nitrogens with one attached hydrogen (secondary N) is 1. The fraction of sp³-hybridized carbons (Fsp3) is 0.143. The summed E-state index contributed by atoms with van der Waals surface area (Å²) < 4.78 is 14.8. The van der Waals surface area contributed by atoms with Gasteiger partial charge in [0.05, 0.1) is 4.92 Å². The molecule has 0 amide bonds. The van der Waals surface area contributed by atoms with Gasteiger partial charge in [-0.2, -0.15) is 4.39 Å². The Labute approximate surface area is 123 Å². The van der Waals surface area contributed by atoms with Crippen LogP contribution in [-0.2, 0) is 6.54 Å². The normalized spacial score (nSPS) is 10.3. The SMILES string of the molecule is Cc1cc(Br)cc(NCc2cccc([N+](=O)[O-])c2F)c1. The second kappa shape index (κ2) is 6.00. The molecule has 0 saturated heterocycles. The van der Waals surface area contributed by atoms with Crippen molar-refractivity contribution in [3.8, 4) is 0 Å². The number of rotatable bonds is 4. The van der Waals surface area contributed by atoms with Gasteiger partial charge in [-0.1, -0.05) is 28.1 Å². The highest BCUT2D eigenvalue weighted by Crippen LogP contribution is 2.23. The quantitative estimate of drug-likeness (QED) is 0.663. The van der Waals surface area contributed by atoms with Gasteiger partial charge in [0.15, 0.2) is 0 Å². The molecule has 0 aliphatic heterocycles. The maximum Gasteiger partial charge on any atom is 0.305 e. The first kappa shape index (κ1) is 14.5. The van der Waals surface area contributed by atoms with Crippen LogP contribution in [0.15, 0.2) is 40.9 Å². The van der Waals surface area contributed by atoms with Gasteiger partial charge in [-0.15, -0.1) is 0 Å². The van der Waals surface area contributed by atoms with Crippen molar-refractivity contribution in [1.82, 2.24) is 0 Å². The van der Waals surface area contributed by atoms with E-state index in [4.69, 9.17) is 0 Å². The first-order valence-electron chi connectivity index (χ1n) is 5.90. The molecule has 1 N–H and O–H groups in total. The van der Waals surface area contributed by atoms with Gasteiger partial charge in [0, 0.05) is 28.3 Å². The van der Waals surface area contributed by atoms with E-state index in [0.717, 1.165) is 21.8 Å². The minimum atomic E-state index is -0.795. The lowest BCUT2D eigenvalue weighted by Crippen LogP contribution is -2.04. The van der Waals surface area contributed by atoms with Gasteiger partial charge in [-0.25, -0.2) is 0 Å². The molecule has 0 saturated carbocycles. The molecule has 0 bridgehead atoms. The van der Waals surface area contributed by atoms with Crippen LogP contribution in [0, 0.1) is 22.9 Å². The van der Waals surface area contributed by atoms with E-state index in [2.05, 4.69) is 21.2 Å². The predicted octanol–water partition coefficient (Wildman–Crippen LogP) is 4.42. The fourth-order valence-electron chi connectivity index (χ4n) is 1.88. The zero-order valence-electron chi connectivity index (χ0n) is 10.7. The summed E-state index contributed by atoms with van der Waals surface area (Å²) in [5, 5.41) is 13.7. The lowest BCUT2D eigenvalue weighted by Gasteiger charge is -2.09. The summed E-state index contributed by atoms with van der Waals surface area (Å²) in [6.07, 6.45) is 0. The Balaban J connectivity index is 2.19. The van der Waals surface area contributed by atoms with Gasteiger partial charge >= 0.3 is 5.69 Å². The smallest absolute Gasteiger partial charge is 0.305 e. The van der Waals surface area contributed by atoms with E-state index in [1.807, 2.05) is 25.1 Å². The highest BCUT2D eigenvalue weighted by atomic mass is 79.9. The summed E-state index contributed by atoms with van der Waals surface area (Å²) in [5.41, 5.74) is 1.63. The largest absolute Gasteiger partial charge is 0.381 e. The van der Waals surface area contributed by atoms with Crippen LogP contribution in [0.4, 0.5) is 15.8 Å². The zero-order valence-corrected chi connectivity index (χ0v) is 12.3. The van der Waals surface area contributed by atoms with Gasteiger partial charge in [-0.3, -0.25) is 10.1 Å². The summed E-state index contributed by atoms with van der Waals surface area (Å²) in [6, 6.07) is 9.90. The van der Waals surface area contributed by atoms with Gasteiger partial charge in [0.2, 0.25) is 5.82 Å². The average molecular weight is 339 g/mol. The molecule has 0 heterocycles. The molecule has 4 nitrogen and oxygen atoms in total. The van der Waals surface area contributed by atoms with Crippen molar-refractivity contribution in [2.24, 2.45) is 0 Å². The third-order valence-corrected chi connectivity index (χ3v) is 3.24. The molecule has 2 rings (SSSR count). The van der Waals surface area contributed by atoms with Crippen molar-refractivity contribution < 1.29 is 9.31 Å². The monoisotopic (exact) mass is 338 g/mol. The topological polar surface area (TPSA) is 55.2 Å². The molecule has 2 aromatic carbocycles. The molecule has 6 heteroatoms. The van der Waals surface area contributed by atoms with Crippen LogP contribution in [0.5, 0.6) is 0 Å². The summed E-state index contributed by atoms with van der Waals surface area (Å²) in [6.45, 7) is 2.13. The molecule has 0 atom stereocenters. The third-order valence-electron chi connectivity index (χ3n) is 2.78. The van der Waals surface area contributed by atoms with Crippen molar-refractivity contribution in [2.45, 2.75) is 13.5 Å². The van der Waals surface area contributed by atoms with Gasteiger partial charge in [-0.05, 0) is 30.7 Å². The molecular formula is C14H12BrFN2O2. The second-order valence-electron chi connectivity index (χ2n) is 4.38. The van der Waals surface area contributed by atoms with E-state index in [1.54, 1.807) is 0 Å². The minimum Gasteiger partial charge on any atom is -0.381 e. The maximum absolute atomic E-state index is 13.9. The van der Waals surface area contributed by atoms with Crippen molar-refractivity contribution in [2.75, 3.05) is 5.32 Å². The standard InChI is InChI=1S/C14H12BrFN2O2/c1-9-5-11(15)7-12(6-9)17-8-10-3-2-4-13(14(10)16)18(19)20/h2-7,17H,8H2,1H3. The zero-order chi connectivity index (χ0) is 14.7. The second-order valence-corrected chi connectivity index (χ2v) is 5.29. The number of nitro benzene ring substituents is 1. The summed E-state index contributed by atoms with van der Waals surface area (Å²) in [4.78, 5) is 9.96. The highest BCUT2D eigenvalue weighted by Gasteiger charge is 2.16. The van der Waals surface area contributed by atoms with Crippen LogP contribution in [0.2, 0.25) is 0 Å². The van der Waals surface area contributed by atoms with Crippen molar-refractivity contribution >= 4 is 27.3 Å². The Morgan fingerprint density at radius 3 is 2.75 bits per heavy atom. The van der Waals surface area contributed by atoms with Crippen molar-refractivity contribution in [3.63, 3.8) is 0 Å².